The molecule has 1 fully saturated rings. The van der Waals surface area contributed by atoms with Gasteiger partial charge < -0.3 is 10.6 Å². The highest BCUT2D eigenvalue weighted by Crippen LogP contribution is 2.35. The van der Waals surface area contributed by atoms with E-state index in [1.807, 2.05) is 6.07 Å². The van der Waals surface area contributed by atoms with E-state index in [9.17, 15) is 10.1 Å². The van der Waals surface area contributed by atoms with E-state index in [2.05, 4.69) is 22.5 Å². The zero-order valence-electron chi connectivity index (χ0n) is 11.2. The Morgan fingerprint density at radius 3 is 3.00 bits per heavy atom. The zero-order valence-corrected chi connectivity index (χ0v) is 11.2. The molecule has 6 nitrogen and oxygen atoms in total. The van der Waals surface area contributed by atoms with Gasteiger partial charge in [-0.3, -0.25) is 15.1 Å². The molecule has 1 aromatic carbocycles. The summed E-state index contributed by atoms with van der Waals surface area (Å²) in [4.78, 5) is 15.3. The van der Waals surface area contributed by atoms with Crippen LogP contribution in [0, 0.1) is 10.1 Å². The van der Waals surface area contributed by atoms with Gasteiger partial charge in [0.15, 0.2) is 0 Å². The van der Waals surface area contributed by atoms with Gasteiger partial charge >= 0.3 is 5.69 Å². The van der Waals surface area contributed by atoms with E-state index in [0.29, 0.717) is 16.6 Å². The maximum atomic E-state index is 11.4. The number of nitro groups is 1. The first-order valence-electron chi connectivity index (χ1n) is 6.60. The first-order valence-corrected chi connectivity index (χ1v) is 6.60. The van der Waals surface area contributed by atoms with Crippen molar-refractivity contribution in [3.8, 4) is 0 Å². The first-order chi connectivity index (χ1) is 9.59. The van der Waals surface area contributed by atoms with E-state index in [1.165, 1.54) is 0 Å². The van der Waals surface area contributed by atoms with Crippen LogP contribution in [-0.4, -0.2) is 28.5 Å². The van der Waals surface area contributed by atoms with Gasteiger partial charge in [0, 0.05) is 18.3 Å². The van der Waals surface area contributed by atoms with Crippen LogP contribution in [0.4, 0.5) is 11.4 Å². The molecule has 1 aliphatic rings. The fourth-order valence-corrected chi connectivity index (χ4v) is 2.68. The lowest BCUT2D eigenvalue weighted by molar-refractivity contribution is -0.382. The van der Waals surface area contributed by atoms with Gasteiger partial charge in [0.25, 0.3) is 0 Å². The van der Waals surface area contributed by atoms with Crippen LogP contribution >= 0.6 is 0 Å². The van der Waals surface area contributed by atoms with Gasteiger partial charge in [0.1, 0.15) is 5.69 Å². The second-order valence-electron chi connectivity index (χ2n) is 5.40. The lowest BCUT2D eigenvalue weighted by Crippen LogP contribution is -2.37. The highest BCUT2D eigenvalue weighted by molar-refractivity contribution is 5.94. The number of nitrogens with one attached hydrogen (secondary N) is 2. The van der Waals surface area contributed by atoms with Crippen molar-refractivity contribution in [2.75, 3.05) is 18.4 Å². The predicted molar refractivity (Wildman–Crippen MR) is 77.9 cm³/mol. The Hall–Kier alpha value is -2.21. The average molecular weight is 272 g/mol. The second-order valence-corrected chi connectivity index (χ2v) is 5.40. The molecular weight excluding hydrogens is 256 g/mol. The summed E-state index contributed by atoms with van der Waals surface area (Å²) in [5, 5.41) is 18.6. The number of rotatable bonds is 3. The number of benzene rings is 1. The number of nitro benzene ring substituents is 1. The van der Waals surface area contributed by atoms with Crippen molar-refractivity contribution >= 4 is 22.3 Å². The zero-order chi connectivity index (χ0) is 14.2. The molecule has 2 N–H and O–H groups in total. The van der Waals surface area contributed by atoms with Gasteiger partial charge in [-0.25, -0.2) is 0 Å². The van der Waals surface area contributed by atoms with Gasteiger partial charge in [-0.05, 0) is 44.2 Å². The van der Waals surface area contributed by atoms with Crippen molar-refractivity contribution in [1.29, 1.82) is 0 Å². The van der Waals surface area contributed by atoms with Crippen LogP contribution in [-0.2, 0) is 0 Å². The molecule has 1 aliphatic heterocycles. The monoisotopic (exact) mass is 272 g/mol. The quantitative estimate of drug-likeness (QED) is 0.662. The summed E-state index contributed by atoms with van der Waals surface area (Å²) < 4.78 is 0. The molecule has 0 radical (unpaired) electrons. The molecular formula is C14H16N4O2. The Morgan fingerprint density at radius 2 is 2.30 bits per heavy atom. The molecule has 1 aromatic heterocycles. The molecule has 2 aromatic rings. The maximum Gasteiger partial charge on any atom is 0.301 e. The summed E-state index contributed by atoms with van der Waals surface area (Å²) >= 11 is 0. The third-order valence-corrected chi connectivity index (χ3v) is 3.74. The molecule has 1 saturated heterocycles. The fraction of sp³-hybridized carbons (Fsp3) is 0.357. The number of hydrogen-bond donors (Lipinski definition) is 2. The standard InChI is InChI=1S/C14H16N4O2/c1-14(6-8-15-9-14)17-12-5-4-11-10(3-2-7-16-11)13(12)18(19)20/h2-5,7,15,17H,6,8-9H2,1H3. The highest BCUT2D eigenvalue weighted by Gasteiger charge is 2.31. The molecule has 6 heteroatoms. The first kappa shape index (κ1) is 12.8. The van der Waals surface area contributed by atoms with E-state index in [4.69, 9.17) is 0 Å². The normalized spacial score (nSPS) is 22.1. The highest BCUT2D eigenvalue weighted by atomic mass is 16.6. The van der Waals surface area contributed by atoms with Crippen LogP contribution in [0.1, 0.15) is 13.3 Å². The molecule has 3 rings (SSSR count). The number of nitrogens with zero attached hydrogens (tertiary/aromatic N) is 2. The van der Waals surface area contributed by atoms with Gasteiger partial charge in [-0.15, -0.1) is 0 Å². The van der Waals surface area contributed by atoms with E-state index in [1.54, 1.807) is 24.4 Å². The summed E-state index contributed by atoms with van der Waals surface area (Å²) in [6.45, 7) is 3.80. The van der Waals surface area contributed by atoms with Crippen LogP contribution in [0.15, 0.2) is 30.5 Å². The van der Waals surface area contributed by atoms with Gasteiger partial charge in [-0.2, -0.15) is 0 Å². The van der Waals surface area contributed by atoms with Crippen molar-refractivity contribution in [3.63, 3.8) is 0 Å². The minimum absolute atomic E-state index is 0.101. The molecule has 1 unspecified atom stereocenters. The molecule has 0 aliphatic carbocycles. The Labute approximate surface area is 116 Å². The molecule has 104 valence electrons. The van der Waals surface area contributed by atoms with Crippen LogP contribution in [0.25, 0.3) is 10.9 Å². The molecule has 2 heterocycles. The van der Waals surface area contributed by atoms with E-state index >= 15 is 0 Å². The number of hydrogen-bond acceptors (Lipinski definition) is 5. The van der Waals surface area contributed by atoms with E-state index < -0.39 is 0 Å². The predicted octanol–water partition coefficient (Wildman–Crippen LogP) is 2.31. The number of aromatic nitrogens is 1. The molecule has 0 bridgehead atoms. The van der Waals surface area contributed by atoms with Gasteiger partial charge in [-0.1, -0.05) is 0 Å². The molecule has 20 heavy (non-hydrogen) atoms. The smallest absolute Gasteiger partial charge is 0.301 e. The topological polar surface area (TPSA) is 80.1 Å². The molecule has 0 spiro atoms. The van der Waals surface area contributed by atoms with Crippen molar-refractivity contribution in [1.82, 2.24) is 10.3 Å². The largest absolute Gasteiger partial charge is 0.373 e. The Morgan fingerprint density at radius 1 is 1.45 bits per heavy atom. The van der Waals surface area contributed by atoms with Crippen LogP contribution < -0.4 is 10.6 Å². The van der Waals surface area contributed by atoms with E-state index in [0.717, 1.165) is 19.5 Å². The second kappa shape index (κ2) is 4.72. The summed E-state index contributed by atoms with van der Waals surface area (Å²) in [5.41, 5.74) is 1.14. The number of anilines is 1. The summed E-state index contributed by atoms with van der Waals surface area (Å²) in [6, 6.07) is 7.02. The Bertz CT molecular complexity index is 665. The summed E-state index contributed by atoms with van der Waals surface area (Å²) in [7, 11) is 0. The Kier molecular flexibility index (Phi) is 3.02. The average Bonchev–Trinajstić information content (AvgIpc) is 2.84. The lowest BCUT2D eigenvalue weighted by Gasteiger charge is -2.25. The number of fused-ring (bicyclic) bond motifs is 1. The van der Waals surface area contributed by atoms with Crippen molar-refractivity contribution in [3.05, 3.63) is 40.6 Å². The third kappa shape index (κ3) is 2.18. The fourth-order valence-electron chi connectivity index (χ4n) is 2.68. The molecule has 0 saturated carbocycles. The van der Waals surface area contributed by atoms with Crippen molar-refractivity contribution < 1.29 is 4.92 Å². The lowest BCUT2D eigenvalue weighted by atomic mass is 10.0. The van der Waals surface area contributed by atoms with Crippen molar-refractivity contribution in [2.24, 2.45) is 0 Å². The van der Waals surface area contributed by atoms with E-state index in [-0.39, 0.29) is 16.1 Å². The van der Waals surface area contributed by atoms with Gasteiger partial charge in [0.2, 0.25) is 0 Å². The minimum Gasteiger partial charge on any atom is -0.373 e. The third-order valence-electron chi connectivity index (χ3n) is 3.74. The molecule has 1 atom stereocenters. The SMILES string of the molecule is CC1(Nc2ccc3ncccc3c2[N+](=O)[O-])CCNC1. The van der Waals surface area contributed by atoms with Crippen LogP contribution in [0.2, 0.25) is 0 Å². The molecule has 0 amide bonds. The maximum absolute atomic E-state index is 11.4. The Balaban J connectivity index is 2.10. The van der Waals surface area contributed by atoms with Crippen LogP contribution in [0.3, 0.4) is 0 Å². The van der Waals surface area contributed by atoms with Gasteiger partial charge in [0.05, 0.1) is 15.8 Å². The number of pyridine rings is 1. The van der Waals surface area contributed by atoms with Crippen LogP contribution in [0.5, 0.6) is 0 Å². The summed E-state index contributed by atoms with van der Waals surface area (Å²) in [6.07, 6.45) is 2.58. The minimum atomic E-state index is -0.335. The summed E-state index contributed by atoms with van der Waals surface area (Å²) in [5.74, 6) is 0. The van der Waals surface area contributed by atoms with Crippen molar-refractivity contribution in [2.45, 2.75) is 18.9 Å².